The number of nitrogens with zero attached hydrogens (tertiary/aromatic N) is 4. The molecular weight excluding hydrogens is 338 g/mol. The Kier molecular flexibility index (Phi) is 6.00. The van der Waals surface area contributed by atoms with E-state index in [4.69, 9.17) is 10.5 Å². The third-order valence-corrected chi connectivity index (χ3v) is 6.32. The van der Waals surface area contributed by atoms with Crippen LogP contribution in [0.3, 0.4) is 0 Å². The van der Waals surface area contributed by atoms with E-state index in [-0.39, 0.29) is 16.3 Å². The van der Waals surface area contributed by atoms with Crippen LogP contribution in [-0.2, 0) is 9.84 Å². The normalized spacial score (nSPS) is 14.5. The number of nitrogens with one attached hydrogen (secondary N) is 1. The summed E-state index contributed by atoms with van der Waals surface area (Å²) in [5.41, 5.74) is 3.40. The van der Waals surface area contributed by atoms with Crippen molar-refractivity contribution < 1.29 is 8.42 Å². The lowest BCUT2D eigenvalue weighted by atomic mass is 10.1. The number of benzene rings is 1. The highest BCUT2D eigenvalue weighted by Crippen LogP contribution is 2.31. The summed E-state index contributed by atoms with van der Waals surface area (Å²) < 4.78 is 25.2. The molecule has 0 aromatic heterocycles. The Balaban J connectivity index is 2.47. The maximum absolute atomic E-state index is 12.6. The summed E-state index contributed by atoms with van der Waals surface area (Å²) >= 11 is 0. The molecule has 1 aliphatic heterocycles. The summed E-state index contributed by atoms with van der Waals surface area (Å²) in [4.78, 5) is 2.31. The molecule has 1 aliphatic rings. The minimum atomic E-state index is -3.53. The Hall–Kier alpha value is -2.58. The standard InChI is InChI=1S/C17H21N5O2S/c1-13(2)25(23,24)17-7-6-15(22-8-4-3-5-9-22)10-16(17)21-20-14(11-18)12-19/h6-7,10,13,21H,3-5,8-9H2,1-2H3. The molecule has 25 heavy (non-hydrogen) atoms. The van der Waals surface area contributed by atoms with E-state index in [2.05, 4.69) is 15.4 Å². The van der Waals surface area contributed by atoms with Gasteiger partial charge in [-0.1, -0.05) is 0 Å². The second-order valence-corrected chi connectivity index (χ2v) is 8.59. The lowest BCUT2D eigenvalue weighted by Crippen LogP contribution is -2.29. The first-order chi connectivity index (χ1) is 11.9. The molecule has 0 amide bonds. The van der Waals surface area contributed by atoms with Crippen LogP contribution in [0, 0.1) is 22.7 Å². The van der Waals surface area contributed by atoms with E-state index in [0.717, 1.165) is 31.6 Å². The smallest absolute Gasteiger partial charge is 0.237 e. The van der Waals surface area contributed by atoms with Crippen molar-refractivity contribution in [2.24, 2.45) is 5.10 Å². The molecule has 1 aromatic rings. The number of hydrogen-bond acceptors (Lipinski definition) is 7. The summed E-state index contributed by atoms with van der Waals surface area (Å²) in [5.74, 6) is 0. The zero-order valence-electron chi connectivity index (χ0n) is 14.4. The summed E-state index contributed by atoms with van der Waals surface area (Å²) in [6, 6.07) is 8.38. The van der Waals surface area contributed by atoms with Gasteiger partial charge < -0.3 is 4.90 Å². The molecule has 0 bridgehead atoms. The van der Waals surface area contributed by atoms with Gasteiger partial charge in [0, 0.05) is 18.8 Å². The molecular formula is C17H21N5O2S. The van der Waals surface area contributed by atoms with Crippen LogP contribution < -0.4 is 10.3 Å². The van der Waals surface area contributed by atoms with E-state index in [0.29, 0.717) is 0 Å². The number of rotatable bonds is 5. The molecule has 1 fully saturated rings. The van der Waals surface area contributed by atoms with Gasteiger partial charge in [-0.25, -0.2) is 8.42 Å². The highest BCUT2D eigenvalue weighted by Gasteiger charge is 2.24. The van der Waals surface area contributed by atoms with Gasteiger partial charge in [0.1, 0.15) is 12.1 Å². The fraction of sp³-hybridized carbons (Fsp3) is 0.471. The van der Waals surface area contributed by atoms with E-state index in [1.165, 1.54) is 6.42 Å². The summed E-state index contributed by atoms with van der Waals surface area (Å²) in [7, 11) is -3.53. The van der Waals surface area contributed by atoms with Gasteiger partial charge in [-0.2, -0.15) is 15.6 Å². The van der Waals surface area contributed by atoms with E-state index in [1.54, 1.807) is 44.2 Å². The lowest BCUT2D eigenvalue weighted by Gasteiger charge is -2.29. The van der Waals surface area contributed by atoms with Gasteiger partial charge >= 0.3 is 0 Å². The third-order valence-electron chi connectivity index (χ3n) is 4.11. The number of hydrazone groups is 1. The summed E-state index contributed by atoms with van der Waals surface area (Å²) in [6.07, 6.45) is 3.39. The van der Waals surface area contributed by atoms with Gasteiger partial charge in [0.2, 0.25) is 5.71 Å². The Morgan fingerprint density at radius 2 is 1.84 bits per heavy atom. The molecule has 0 spiro atoms. The van der Waals surface area contributed by atoms with Crippen LogP contribution >= 0.6 is 0 Å². The predicted octanol–water partition coefficient (Wildman–Crippen LogP) is 2.67. The van der Waals surface area contributed by atoms with Crippen molar-refractivity contribution in [1.82, 2.24) is 0 Å². The van der Waals surface area contributed by atoms with Crippen LogP contribution in [0.2, 0.25) is 0 Å². The van der Waals surface area contributed by atoms with E-state index in [9.17, 15) is 8.42 Å². The van der Waals surface area contributed by atoms with E-state index in [1.807, 2.05) is 0 Å². The zero-order valence-corrected chi connectivity index (χ0v) is 15.2. The van der Waals surface area contributed by atoms with Gasteiger partial charge in [0.25, 0.3) is 0 Å². The van der Waals surface area contributed by atoms with Gasteiger partial charge in [0.05, 0.1) is 15.8 Å². The highest BCUT2D eigenvalue weighted by molar-refractivity contribution is 7.92. The van der Waals surface area contributed by atoms with Crippen LogP contribution in [0.15, 0.2) is 28.2 Å². The Morgan fingerprint density at radius 1 is 1.20 bits per heavy atom. The first-order valence-corrected chi connectivity index (χ1v) is 9.71. The van der Waals surface area contributed by atoms with E-state index >= 15 is 0 Å². The van der Waals surface area contributed by atoms with Crippen LogP contribution in [0.4, 0.5) is 11.4 Å². The summed E-state index contributed by atoms with van der Waals surface area (Å²) in [5, 5.41) is 20.7. The lowest BCUT2D eigenvalue weighted by molar-refractivity contribution is 0.577. The largest absolute Gasteiger partial charge is 0.371 e. The van der Waals surface area contributed by atoms with Crippen molar-refractivity contribution in [3.63, 3.8) is 0 Å². The van der Waals surface area contributed by atoms with Crippen molar-refractivity contribution in [2.75, 3.05) is 23.4 Å². The van der Waals surface area contributed by atoms with Crippen molar-refractivity contribution in [1.29, 1.82) is 10.5 Å². The SMILES string of the molecule is CC(C)S(=O)(=O)c1ccc(N2CCCCC2)cc1NN=C(C#N)C#N. The predicted molar refractivity (Wildman–Crippen MR) is 97.1 cm³/mol. The van der Waals surface area contributed by atoms with Crippen LogP contribution in [-0.4, -0.2) is 32.5 Å². The fourth-order valence-electron chi connectivity index (χ4n) is 2.65. The molecule has 1 aromatic carbocycles. The zero-order chi connectivity index (χ0) is 18.4. The first-order valence-electron chi connectivity index (χ1n) is 8.17. The molecule has 1 heterocycles. The minimum absolute atomic E-state index is 0.113. The maximum atomic E-state index is 12.6. The molecule has 8 heteroatoms. The second-order valence-electron chi connectivity index (χ2n) is 6.12. The molecule has 0 radical (unpaired) electrons. The topological polar surface area (TPSA) is 109 Å². The highest BCUT2D eigenvalue weighted by atomic mass is 32.2. The van der Waals surface area contributed by atoms with Crippen LogP contribution in [0.5, 0.6) is 0 Å². The number of nitriles is 2. The third kappa shape index (κ3) is 4.28. The first kappa shape index (κ1) is 18.8. The number of hydrogen-bond donors (Lipinski definition) is 1. The monoisotopic (exact) mass is 359 g/mol. The average Bonchev–Trinajstić information content (AvgIpc) is 2.63. The van der Waals surface area contributed by atoms with Gasteiger partial charge in [-0.15, -0.1) is 0 Å². The Labute approximate surface area is 148 Å². The average molecular weight is 359 g/mol. The van der Waals surface area contributed by atoms with Crippen molar-refractivity contribution in [2.45, 2.75) is 43.3 Å². The van der Waals surface area contributed by atoms with Crippen molar-refractivity contribution in [3.8, 4) is 12.1 Å². The molecule has 7 nitrogen and oxygen atoms in total. The summed E-state index contributed by atoms with van der Waals surface area (Å²) in [6.45, 7) is 5.05. The second kappa shape index (κ2) is 8.00. The molecule has 1 N–H and O–H groups in total. The molecule has 0 atom stereocenters. The molecule has 132 valence electrons. The van der Waals surface area contributed by atoms with Crippen LogP contribution in [0.25, 0.3) is 0 Å². The molecule has 0 aliphatic carbocycles. The fourth-order valence-corrected chi connectivity index (χ4v) is 3.82. The number of anilines is 2. The van der Waals surface area contributed by atoms with Gasteiger partial charge in [0.15, 0.2) is 9.84 Å². The van der Waals surface area contributed by atoms with Gasteiger partial charge in [-0.05, 0) is 51.3 Å². The van der Waals surface area contributed by atoms with Crippen molar-refractivity contribution in [3.05, 3.63) is 18.2 Å². The molecule has 0 saturated carbocycles. The molecule has 1 saturated heterocycles. The van der Waals surface area contributed by atoms with E-state index < -0.39 is 15.1 Å². The minimum Gasteiger partial charge on any atom is -0.371 e. The van der Waals surface area contributed by atoms with Gasteiger partial charge in [-0.3, -0.25) is 5.43 Å². The van der Waals surface area contributed by atoms with Crippen molar-refractivity contribution >= 4 is 26.9 Å². The van der Waals surface area contributed by atoms with Crippen LogP contribution in [0.1, 0.15) is 33.1 Å². The quantitative estimate of drug-likeness (QED) is 0.639. The number of piperidine rings is 1. The Bertz CT molecular complexity index is 825. The molecule has 0 unspecified atom stereocenters. The number of sulfone groups is 1. The molecule has 2 rings (SSSR count). The maximum Gasteiger partial charge on any atom is 0.237 e. The Morgan fingerprint density at radius 3 is 2.40 bits per heavy atom.